The zero-order chi connectivity index (χ0) is 13.8. The van der Waals surface area contributed by atoms with Gasteiger partial charge in [-0.3, -0.25) is 4.79 Å². The molecule has 0 aliphatic heterocycles. The van der Waals surface area contributed by atoms with E-state index in [1.165, 1.54) is 10.6 Å². The molecule has 122 valence electrons. The Kier molecular flexibility index (Phi) is 9.45. The van der Waals surface area contributed by atoms with Crippen molar-refractivity contribution in [3.05, 3.63) is 15.6 Å². The number of hydrogen-bond donors (Lipinski definition) is 1. The smallest absolute Gasteiger partial charge is 0.222 e. The number of carbonyl (C=O) groups is 1. The quantitative estimate of drug-likeness (QED) is 0.827. The van der Waals surface area contributed by atoms with Crippen molar-refractivity contribution in [2.45, 2.75) is 45.1 Å². The highest BCUT2D eigenvalue weighted by Gasteiger charge is 2.29. The average molecular weight is 354 g/mol. The lowest BCUT2D eigenvalue weighted by atomic mass is 9.96. The van der Waals surface area contributed by atoms with Gasteiger partial charge < -0.3 is 10.2 Å². The number of thiazole rings is 1. The van der Waals surface area contributed by atoms with Gasteiger partial charge in [-0.2, -0.15) is 0 Å². The molecule has 1 amide bonds. The number of nitrogens with zero attached hydrogens (tertiary/aromatic N) is 2. The largest absolute Gasteiger partial charge is 0.338 e. The maximum Gasteiger partial charge on any atom is 0.222 e. The van der Waals surface area contributed by atoms with Crippen molar-refractivity contribution in [2.24, 2.45) is 0 Å². The van der Waals surface area contributed by atoms with Crippen LogP contribution in [0.1, 0.15) is 47.3 Å². The molecule has 1 N–H and O–H groups in total. The Morgan fingerprint density at radius 1 is 1.48 bits per heavy atom. The van der Waals surface area contributed by atoms with Crippen LogP contribution in [0.15, 0.2) is 0 Å². The highest BCUT2D eigenvalue weighted by atomic mass is 35.5. The van der Waals surface area contributed by atoms with Crippen molar-refractivity contribution < 1.29 is 4.79 Å². The first-order chi connectivity index (χ1) is 9.13. The third kappa shape index (κ3) is 5.09. The molecule has 0 radical (unpaired) electrons. The highest BCUT2D eigenvalue weighted by Crippen LogP contribution is 2.37. The summed E-state index contributed by atoms with van der Waals surface area (Å²) in [5, 5.41) is 4.20. The van der Waals surface area contributed by atoms with Gasteiger partial charge >= 0.3 is 0 Å². The fourth-order valence-corrected chi connectivity index (χ4v) is 3.81. The van der Waals surface area contributed by atoms with Gasteiger partial charge in [0, 0.05) is 13.5 Å². The summed E-state index contributed by atoms with van der Waals surface area (Å²) in [6, 6.07) is 0.247. The summed E-state index contributed by atoms with van der Waals surface area (Å²) in [6.07, 6.45) is 4.80. The summed E-state index contributed by atoms with van der Waals surface area (Å²) in [7, 11) is 3.86. The maximum absolute atomic E-state index is 12.2. The first-order valence-corrected chi connectivity index (χ1v) is 7.81. The number of rotatable bonds is 5. The summed E-state index contributed by atoms with van der Waals surface area (Å²) >= 11 is 1.76. The number of fused-ring (bicyclic) bond motifs is 1. The molecule has 1 unspecified atom stereocenters. The molecule has 1 aliphatic carbocycles. The number of hydrogen-bond acceptors (Lipinski definition) is 4. The zero-order valence-corrected chi connectivity index (χ0v) is 15.3. The van der Waals surface area contributed by atoms with Gasteiger partial charge in [0.1, 0.15) is 0 Å². The molecule has 2 rings (SSSR count). The van der Waals surface area contributed by atoms with Crippen LogP contribution in [0.4, 0.5) is 0 Å². The lowest BCUT2D eigenvalue weighted by Gasteiger charge is -2.30. The van der Waals surface area contributed by atoms with Crippen molar-refractivity contribution in [1.82, 2.24) is 15.2 Å². The Balaban J connectivity index is 0.00000200. The van der Waals surface area contributed by atoms with Crippen molar-refractivity contribution in [3.8, 4) is 0 Å². The number of aryl methyl sites for hydroxylation is 2. The van der Waals surface area contributed by atoms with Gasteiger partial charge in [0.25, 0.3) is 0 Å². The normalized spacial score (nSPS) is 16.4. The zero-order valence-electron chi connectivity index (χ0n) is 12.8. The van der Waals surface area contributed by atoms with E-state index in [-0.39, 0.29) is 36.8 Å². The molecule has 0 saturated carbocycles. The van der Waals surface area contributed by atoms with Gasteiger partial charge in [-0.05, 0) is 46.2 Å². The van der Waals surface area contributed by atoms with Crippen LogP contribution in [-0.2, 0) is 11.2 Å². The van der Waals surface area contributed by atoms with Crippen LogP contribution >= 0.6 is 36.2 Å². The molecule has 7 heteroatoms. The topological polar surface area (TPSA) is 45.2 Å². The minimum absolute atomic E-state index is 0. The summed E-state index contributed by atoms with van der Waals surface area (Å²) in [4.78, 5) is 20.1. The third-order valence-electron chi connectivity index (χ3n) is 3.71. The molecule has 4 nitrogen and oxygen atoms in total. The lowest BCUT2D eigenvalue weighted by Crippen LogP contribution is -2.33. The van der Waals surface area contributed by atoms with Crippen LogP contribution in [0.5, 0.6) is 0 Å². The first kappa shape index (κ1) is 20.6. The molecule has 0 bridgehead atoms. The Labute approximate surface area is 143 Å². The molecule has 0 saturated heterocycles. The molecule has 1 aromatic heterocycles. The van der Waals surface area contributed by atoms with Gasteiger partial charge in [0.15, 0.2) is 0 Å². The van der Waals surface area contributed by atoms with E-state index in [2.05, 4.69) is 17.2 Å². The minimum atomic E-state index is 0. The summed E-state index contributed by atoms with van der Waals surface area (Å²) in [6.45, 7) is 2.95. The van der Waals surface area contributed by atoms with Crippen LogP contribution in [0, 0.1) is 6.92 Å². The minimum Gasteiger partial charge on any atom is -0.338 e. The second-order valence-electron chi connectivity index (χ2n) is 5.16. The number of aromatic nitrogens is 1. The summed E-state index contributed by atoms with van der Waals surface area (Å²) in [5.74, 6) is 0.249. The molecule has 1 aliphatic rings. The van der Waals surface area contributed by atoms with Gasteiger partial charge in [0.2, 0.25) is 5.91 Å². The second-order valence-corrected chi connectivity index (χ2v) is 6.40. The van der Waals surface area contributed by atoms with E-state index in [0.29, 0.717) is 6.42 Å². The van der Waals surface area contributed by atoms with Crippen LogP contribution in [0.3, 0.4) is 0 Å². The molecular formula is C14H25Cl2N3OS. The Morgan fingerprint density at radius 3 is 2.86 bits per heavy atom. The predicted octanol–water partition coefficient (Wildman–Crippen LogP) is 3.13. The van der Waals surface area contributed by atoms with Crippen molar-refractivity contribution >= 4 is 42.1 Å². The van der Waals surface area contributed by atoms with Crippen molar-refractivity contribution in [1.29, 1.82) is 0 Å². The molecule has 0 fully saturated rings. The molecule has 0 spiro atoms. The van der Waals surface area contributed by atoms with E-state index in [9.17, 15) is 4.79 Å². The number of carbonyl (C=O) groups excluding carboxylic acids is 1. The molecule has 1 heterocycles. The van der Waals surface area contributed by atoms with E-state index in [1.54, 1.807) is 11.3 Å². The van der Waals surface area contributed by atoms with Crippen LogP contribution in [0.2, 0.25) is 0 Å². The van der Waals surface area contributed by atoms with Gasteiger partial charge in [-0.15, -0.1) is 36.2 Å². The Morgan fingerprint density at radius 2 is 2.19 bits per heavy atom. The van der Waals surface area contributed by atoms with Gasteiger partial charge in [-0.1, -0.05) is 0 Å². The number of amides is 1. The van der Waals surface area contributed by atoms with E-state index >= 15 is 0 Å². The Hall–Kier alpha value is -0.360. The fraction of sp³-hybridized carbons (Fsp3) is 0.714. The Bertz CT molecular complexity index is 453. The van der Waals surface area contributed by atoms with Crippen LogP contribution < -0.4 is 5.32 Å². The SMILES string of the molecule is CNCCCC(=O)N(C)C1CCCc2nc(C)sc21.Cl.Cl. The second kappa shape index (κ2) is 9.62. The number of nitrogens with one attached hydrogen (secondary N) is 1. The maximum atomic E-state index is 12.2. The third-order valence-corrected chi connectivity index (χ3v) is 4.82. The standard InChI is InChI=1S/C14H23N3OS.2ClH/c1-10-16-11-6-4-7-12(14(11)19-10)17(3)13(18)8-5-9-15-2;;/h12,15H,4-9H2,1-3H3;2*1H. The molecule has 1 aromatic rings. The number of halogens is 2. The van der Waals surface area contributed by atoms with Gasteiger partial charge in [0.05, 0.1) is 21.6 Å². The van der Waals surface area contributed by atoms with Gasteiger partial charge in [-0.25, -0.2) is 4.98 Å². The lowest BCUT2D eigenvalue weighted by molar-refractivity contribution is -0.132. The summed E-state index contributed by atoms with van der Waals surface area (Å²) < 4.78 is 0. The molecule has 21 heavy (non-hydrogen) atoms. The van der Waals surface area contributed by atoms with E-state index in [0.717, 1.165) is 37.2 Å². The van der Waals surface area contributed by atoms with Crippen LogP contribution in [-0.4, -0.2) is 36.4 Å². The molecule has 1 atom stereocenters. The summed E-state index contributed by atoms with van der Waals surface area (Å²) in [5.41, 5.74) is 1.22. The highest BCUT2D eigenvalue weighted by molar-refractivity contribution is 7.11. The van der Waals surface area contributed by atoms with E-state index in [1.807, 2.05) is 19.0 Å². The van der Waals surface area contributed by atoms with Crippen molar-refractivity contribution in [2.75, 3.05) is 20.6 Å². The molecular weight excluding hydrogens is 329 g/mol. The first-order valence-electron chi connectivity index (χ1n) is 7.00. The van der Waals surface area contributed by atoms with E-state index < -0.39 is 0 Å². The predicted molar refractivity (Wildman–Crippen MR) is 93.0 cm³/mol. The fourth-order valence-electron chi connectivity index (χ4n) is 2.66. The monoisotopic (exact) mass is 353 g/mol. The van der Waals surface area contributed by atoms with E-state index in [4.69, 9.17) is 0 Å². The van der Waals surface area contributed by atoms with Crippen LogP contribution in [0.25, 0.3) is 0 Å². The average Bonchev–Trinajstić information content (AvgIpc) is 2.78. The van der Waals surface area contributed by atoms with Crippen molar-refractivity contribution in [3.63, 3.8) is 0 Å². The molecule has 0 aromatic carbocycles.